The van der Waals surface area contributed by atoms with Crippen LogP contribution in [0.25, 0.3) is 10.4 Å². The van der Waals surface area contributed by atoms with E-state index in [4.69, 9.17) is 11.3 Å². The van der Waals surface area contributed by atoms with Gasteiger partial charge in [-0.3, -0.25) is 4.79 Å². The van der Waals surface area contributed by atoms with Crippen molar-refractivity contribution >= 4 is 5.91 Å². The van der Waals surface area contributed by atoms with E-state index in [1.165, 1.54) is 12.1 Å². The molecule has 0 radical (unpaired) electrons. The molecule has 96 valence electrons. The van der Waals surface area contributed by atoms with Gasteiger partial charge >= 0.3 is 0 Å². The molecule has 3 N–H and O–H groups in total. The predicted molar refractivity (Wildman–Crippen MR) is 65.1 cm³/mol. The summed E-state index contributed by atoms with van der Waals surface area (Å²) < 4.78 is 13.1. The lowest BCUT2D eigenvalue weighted by atomic mass is 10.0. The first-order valence-corrected chi connectivity index (χ1v) is 5.36. The Morgan fingerprint density at radius 1 is 1.67 bits per heavy atom. The minimum atomic E-state index is -0.724. The molecule has 0 saturated heterocycles. The maximum atomic E-state index is 13.1. The Bertz CT molecular complexity index is 484. The van der Waals surface area contributed by atoms with E-state index in [-0.39, 0.29) is 12.4 Å². The molecule has 0 saturated carbocycles. The number of benzene rings is 1. The molecule has 7 heteroatoms. The molecular weight excluding hydrogens is 237 g/mol. The van der Waals surface area contributed by atoms with Gasteiger partial charge < -0.3 is 11.1 Å². The molecule has 1 rings (SSSR count). The van der Waals surface area contributed by atoms with Gasteiger partial charge in [0.15, 0.2) is 0 Å². The largest absolute Gasteiger partial charge is 0.368 e. The normalized spacial score (nSPS) is 11.7. The number of primary amides is 1. The van der Waals surface area contributed by atoms with Gasteiger partial charge in [0.05, 0.1) is 0 Å². The SMILES string of the molecule is Cc1cc(C(NCCN=[N+]=[N-])C(N)=O)ccc1F. The van der Waals surface area contributed by atoms with Gasteiger partial charge in [0.25, 0.3) is 0 Å². The number of aryl methyl sites for hydroxylation is 1. The fraction of sp³-hybridized carbons (Fsp3) is 0.364. The van der Waals surface area contributed by atoms with E-state index in [9.17, 15) is 9.18 Å². The summed E-state index contributed by atoms with van der Waals surface area (Å²) in [4.78, 5) is 13.9. The minimum absolute atomic E-state index is 0.209. The fourth-order valence-corrected chi connectivity index (χ4v) is 1.53. The van der Waals surface area contributed by atoms with Crippen LogP contribution in [-0.4, -0.2) is 19.0 Å². The minimum Gasteiger partial charge on any atom is -0.368 e. The number of amides is 1. The Morgan fingerprint density at radius 3 is 2.94 bits per heavy atom. The molecule has 1 aromatic rings. The lowest BCUT2D eigenvalue weighted by Gasteiger charge is -2.15. The van der Waals surface area contributed by atoms with Crippen molar-refractivity contribution in [2.45, 2.75) is 13.0 Å². The number of azide groups is 1. The number of hydrogen-bond donors (Lipinski definition) is 2. The van der Waals surface area contributed by atoms with Gasteiger partial charge in [-0.1, -0.05) is 17.2 Å². The van der Waals surface area contributed by atoms with Gasteiger partial charge in [-0.15, -0.1) is 0 Å². The molecule has 0 heterocycles. The van der Waals surface area contributed by atoms with Crippen LogP contribution in [0.5, 0.6) is 0 Å². The molecule has 18 heavy (non-hydrogen) atoms. The summed E-state index contributed by atoms with van der Waals surface area (Å²) in [6, 6.07) is 3.62. The van der Waals surface area contributed by atoms with Gasteiger partial charge in [-0.25, -0.2) is 4.39 Å². The number of nitrogens with zero attached hydrogens (tertiary/aromatic N) is 3. The smallest absolute Gasteiger partial charge is 0.239 e. The zero-order chi connectivity index (χ0) is 13.5. The summed E-state index contributed by atoms with van der Waals surface area (Å²) in [7, 11) is 0. The van der Waals surface area contributed by atoms with E-state index in [1.807, 2.05) is 0 Å². The number of halogens is 1. The summed E-state index contributed by atoms with van der Waals surface area (Å²) in [6.07, 6.45) is 0. The van der Waals surface area contributed by atoms with Gasteiger partial charge in [0.1, 0.15) is 11.9 Å². The van der Waals surface area contributed by atoms with Crippen molar-refractivity contribution in [1.82, 2.24) is 5.32 Å². The molecule has 0 bridgehead atoms. The van der Waals surface area contributed by atoms with Crippen molar-refractivity contribution in [1.29, 1.82) is 0 Å². The van der Waals surface area contributed by atoms with Crippen LogP contribution in [0.3, 0.4) is 0 Å². The highest BCUT2D eigenvalue weighted by molar-refractivity contribution is 5.81. The summed E-state index contributed by atoms with van der Waals surface area (Å²) >= 11 is 0. The van der Waals surface area contributed by atoms with Crippen molar-refractivity contribution < 1.29 is 9.18 Å². The highest BCUT2D eigenvalue weighted by atomic mass is 19.1. The third-order valence-corrected chi connectivity index (χ3v) is 2.42. The molecule has 0 aliphatic heterocycles. The van der Waals surface area contributed by atoms with E-state index in [1.54, 1.807) is 13.0 Å². The molecular formula is C11H14FN5O. The van der Waals surface area contributed by atoms with Gasteiger partial charge in [-0.2, -0.15) is 0 Å². The van der Waals surface area contributed by atoms with E-state index in [2.05, 4.69) is 15.3 Å². The monoisotopic (exact) mass is 251 g/mol. The number of rotatable bonds is 6. The van der Waals surface area contributed by atoms with Crippen molar-refractivity contribution in [3.8, 4) is 0 Å². The second-order valence-electron chi connectivity index (χ2n) is 3.75. The van der Waals surface area contributed by atoms with E-state index < -0.39 is 11.9 Å². The number of carbonyl (C=O) groups is 1. The quantitative estimate of drug-likeness (QED) is 0.346. The van der Waals surface area contributed by atoms with Crippen LogP contribution in [0.2, 0.25) is 0 Å². The molecule has 1 atom stereocenters. The first-order valence-electron chi connectivity index (χ1n) is 5.36. The number of nitrogens with one attached hydrogen (secondary N) is 1. The molecule has 0 spiro atoms. The maximum Gasteiger partial charge on any atom is 0.239 e. The molecule has 1 aromatic carbocycles. The van der Waals surface area contributed by atoms with Crippen LogP contribution in [0.4, 0.5) is 4.39 Å². The predicted octanol–water partition coefficient (Wildman–Crippen LogP) is 1.56. The Kier molecular flexibility index (Phi) is 5.10. The number of hydrogen-bond acceptors (Lipinski definition) is 3. The summed E-state index contributed by atoms with van der Waals surface area (Å²) in [5.74, 6) is -0.905. The first kappa shape index (κ1) is 14.0. The van der Waals surface area contributed by atoms with Crippen molar-refractivity contribution in [3.63, 3.8) is 0 Å². The Balaban J connectivity index is 2.80. The van der Waals surface area contributed by atoms with Crippen LogP contribution >= 0.6 is 0 Å². The van der Waals surface area contributed by atoms with Crippen LogP contribution < -0.4 is 11.1 Å². The van der Waals surface area contributed by atoms with Crippen LogP contribution in [0.1, 0.15) is 17.2 Å². The molecule has 6 nitrogen and oxygen atoms in total. The van der Waals surface area contributed by atoms with Crippen molar-refractivity contribution in [2.75, 3.05) is 13.1 Å². The lowest BCUT2D eigenvalue weighted by molar-refractivity contribution is -0.120. The summed E-state index contributed by atoms with van der Waals surface area (Å²) in [5, 5.41) is 6.19. The van der Waals surface area contributed by atoms with E-state index >= 15 is 0 Å². The second kappa shape index (κ2) is 6.58. The first-order chi connectivity index (χ1) is 8.56. The fourth-order valence-electron chi connectivity index (χ4n) is 1.53. The molecule has 0 aliphatic rings. The highest BCUT2D eigenvalue weighted by Gasteiger charge is 2.17. The van der Waals surface area contributed by atoms with Crippen LogP contribution in [0, 0.1) is 12.7 Å². The molecule has 1 amide bonds. The van der Waals surface area contributed by atoms with Crippen LogP contribution in [0.15, 0.2) is 23.3 Å². The van der Waals surface area contributed by atoms with Gasteiger partial charge in [0.2, 0.25) is 5.91 Å². The average Bonchev–Trinajstić information content (AvgIpc) is 2.32. The third-order valence-electron chi connectivity index (χ3n) is 2.42. The van der Waals surface area contributed by atoms with Gasteiger partial charge in [-0.05, 0) is 29.6 Å². The Hall–Kier alpha value is -2.11. The average molecular weight is 251 g/mol. The highest BCUT2D eigenvalue weighted by Crippen LogP contribution is 2.16. The van der Waals surface area contributed by atoms with Crippen molar-refractivity contribution in [3.05, 3.63) is 45.6 Å². The standard InChI is InChI=1S/C11H14FN5O/c1-7-6-8(2-3-9(7)12)10(11(13)18)15-4-5-16-17-14/h2-3,6,10,15H,4-5H2,1H3,(H2,13,18). The number of carbonyl (C=O) groups excluding carboxylic acids is 1. The maximum absolute atomic E-state index is 13.1. The van der Waals surface area contributed by atoms with Crippen molar-refractivity contribution in [2.24, 2.45) is 10.8 Å². The van der Waals surface area contributed by atoms with Crippen LogP contribution in [-0.2, 0) is 4.79 Å². The third kappa shape index (κ3) is 3.73. The topological polar surface area (TPSA) is 104 Å². The molecule has 0 fully saturated rings. The zero-order valence-electron chi connectivity index (χ0n) is 9.93. The lowest BCUT2D eigenvalue weighted by Crippen LogP contribution is -2.35. The molecule has 0 aliphatic carbocycles. The Labute approximate surface area is 104 Å². The Morgan fingerprint density at radius 2 is 2.39 bits per heavy atom. The number of nitrogens with two attached hydrogens (primary N) is 1. The van der Waals surface area contributed by atoms with E-state index in [0.717, 1.165) is 0 Å². The second-order valence-corrected chi connectivity index (χ2v) is 3.75. The summed E-state index contributed by atoms with van der Waals surface area (Å²) in [6.45, 7) is 2.13. The summed E-state index contributed by atoms with van der Waals surface area (Å²) in [5.41, 5.74) is 14.4. The molecule has 1 unspecified atom stereocenters. The zero-order valence-corrected chi connectivity index (χ0v) is 9.93. The van der Waals surface area contributed by atoms with Gasteiger partial charge in [0, 0.05) is 18.0 Å². The molecule has 0 aromatic heterocycles. The van der Waals surface area contributed by atoms with E-state index in [0.29, 0.717) is 17.7 Å².